The second-order valence-corrected chi connectivity index (χ2v) is 7.53. The van der Waals surface area contributed by atoms with E-state index in [1.807, 2.05) is 0 Å². The Balaban J connectivity index is 1.84. The highest BCUT2D eigenvalue weighted by molar-refractivity contribution is 5.83. The Morgan fingerprint density at radius 3 is 2.34 bits per heavy atom. The average Bonchev–Trinajstić information content (AvgIpc) is 2.71. The third-order valence-corrected chi connectivity index (χ3v) is 5.25. The molecular weight excluding hydrogens is 381 g/mol. The molecule has 0 aliphatic heterocycles. The zero-order valence-corrected chi connectivity index (χ0v) is 17.3. The van der Waals surface area contributed by atoms with E-state index in [9.17, 15) is 18.0 Å². The summed E-state index contributed by atoms with van der Waals surface area (Å²) in [7, 11) is 1.31. The molecule has 3 nitrogen and oxygen atoms in total. The van der Waals surface area contributed by atoms with Crippen molar-refractivity contribution < 1.29 is 22.3 Å². The summed E-state index contributed by atoms with van der Waals surface area (Å²) in [6.07, 6.45) is 4.53. The lowest BCUT2D eigenvalue weighted by Crippen LogP contribution is -2.18. The van der Waals surface area contributed by atoms with Gasteiger partial charge in [-0.2, -0.15) is 0 Å². The van der Waals surface area contributed by atoms with Crippen LogP contribution in [0, 0.1) is 5.82 Å². The number of alkyl halides is 2. The smallest absolute Gasteiger partial charge is 0.346 e. The van der Waals surface area contributed by atoms with Crippen LogP contribution in [0.25, 0.3) is 10.8 Å². The standard InChI is InChI=1S/C23H31F3O3/c1-3-4-5-6-7-8-9-10-18(24)19(25)13-12-17-15-16-11-14-20(28-2)22(26)21(16)23(27)29-17/h11,14-15,18-19H,3-10,12-13H2,1-2H3. The van der Waals surface area contributed by atoms with Gasteiger partial charge < -0.3 is 9.15 Å². The SMILES string of the molecule is CCCCCCCCCC(F)C(F)CCc1cc2ccc(OC)c(F)c2c(=O)o1. The molecule has 1 heterocycles. The molecule has 1 aromatic heterocycles. The van der Waals surface area contributed by atoms with E-state index < -0.39 is 23.8 Å². The molecule has 0 N–H and O–H groups in total. The van der Waals surface area contributed by atoms with Crippen molar-refractivity contribution in [3.05, 3.63) is 40.2 Å². The van der Waals surface area contributed by atoms with Crippen LogP contribution >= 0.6 is 0 Å². The van der Waals surface area contributed by atoms with E-state index in [4.69, 9.17) is 9.15 Å². The summed E-state index contributed by atoms with van der Waals surface area (Å²) in [5.74, 6) is -0.614. The Kier molecular flexibility index (Phi) is 9.55. The summed E-state index contributed by atoms with van der Waals surface area (Å²) in [5, 5.41) is 0.150. The van der Waals surface area contributed by atoms with Gasteiger partial charge in [0.25, 0.3) is 0 Å². The zero-order valence-electron chi connectivity index (χ0n) is 17.3. The summed E-state index contributed by atoms with van der Waals surface area (Å²) in [6.45, 7) is 2.16. The molecule has 0 bridgehead atoms. The maximum absolute atomic E-state index is 14.2. The molecule has 2 aromatic rings. The van der Waals surface area contributed by atoms with Crippen LogP contribution in [-0.2, 0) is 6.42 Å². The topological polar surface area (TPSA) is 39.4 Å². The molecule has 0 radical (unpaired) electrons. The highest BCUT2D eigenvalue weighted by Crippen LogP contribution is 2.25. The van der Waals surface area contributed by atoms with Crippen molar-refractivity contribution in [3.63, 3.8) is 0 Å². The molecule has 2 rings (SSSR count). The highest BCUT2D eigenvalue weighted by Gasteiger charge is 2.21. The zero-order chi connectivity index (χ0) is 21.2. The van der Waals surface area contributed by atoms with E-state index in [1.54, 1.807) is 6.07 Å². The second-order valence-electron chi connectivity index (χ2n) is 7.53. The molecule has 6 heteroatoms. The van der Waals surface area contributed by atoms with Gasteiger partial charge in [-0.15, -0.1) is 0 Å². The van der Waals surface area contributed by atoms with Crippen LogP contribution in [0.3, 0.4) is 0 Å². The van der Waals surface area contributed by atoms with Crippen molar-refractivity contribution in [1.82, 2.24) is 0 Å². The van der Waals surface area contributed by atoms with E-state index in [0.29, 0.717) is 11.8 Å². The van der Waals surface area contributed by atoms with Gasteiger partial charge in [0.15, 0.2) is 11.6 Å². The molecular formula is C23H31F3O3. The largest absolute Gasteiger partial charge is 0.494 e. The van der Waals surface area contributed by atoms with Crippen LogP contribution in [0.5, 0.6) is 5.75 Å². The molecule has 0 saturated heterocycles. The minimum absolute atomic E-state index is 0.0491. The molecule has 0 aliphatic rings. The Morgan fingerprint density at radius 1 is 1.00 bits per heavy atom. The Morgan fingerprint density at radius 2 is 1.66 bits per heavy atom. The fourth-order valence-corrected chi connectivity index (χ4v) is 3.49. The van der Waals surface area contributed by atoms with Gasteiger partial charge in [0, 0.05) is 6.42 Å². The number of hydrogen-bond acceptors (Lipinski definition) is 3. The number of fused-ring (bicyclic) bond motifs is 1. The van der Waals surface area contributed by atoms with Gasteiger partial charge in [-0.1, -0.05) is 57.9 Å². The third-order valence-electron chi connectivity index (χ3n) is 5.25. The predicted octanol–water partition coefficient (Wildman–Crippen LogP) is 6.69. The van der Waals surface area contributed by atoms with Crippen LogP contribution in [0.15, 0.2) is 27.4 Å². The van der Waals surface area contributed by atoms with Crippen LogP contribution in [0.1, 0.15) is 70.5 Å². The maximum Gasteiger partial charge on any atom is 0.346 e. The normalized spacial score (nSPS) is 13.6. The van der Waals surface area contributed by atoms with Crippen molar-refractivity contribution in [2.24, 2.45) is 0 Å². The van der Waals surface area contributed by atoms with Crippen LogP contribution in [0.2, 0.25) is 0 Å². The fraction of sp³-hybridized carbons (Fsp3) is 0.609. The van der Waals surface area contributed by atoms with E-state index in [-0.39, 0.29) is 36.2 Å². The number of halogens is 3. The first-order valence-electron chi connectivity index (χ1n) is 10.5. The molecule has 29 heavy (non-hydrogen) atoms. The molecule has 1 aromatic carbocycles. The van der Waals surface area contributed by atoms with E-state index >= 15 is 0 Å². The van der Waals surface area contributed by atoms with Gasteiger partial charge in [-0.25, -0.2) is 18.0 Å². The van der Waals surface area contributed by atoms with Crippen molar-refractivity contribution in [3.8, 4) is 5.75 Å². The third kappa shape index (κ3) is 6.79. The monoisotopic (exact) mass is 412 g/mol. The Hall–Kier alpha value is -1.98. The number of unbranched alkanes of at least 4 members (excludes halogenated alkanes) is 6. The summed E-state index contributed by atoms with van der Waals surface area (Å²) < 4.78 is 52.4. The molecule has 0 saturated carbocycles. The number of hydrogen-bond donors (Lipinski definition) is 0. The molecule has 0 spiro atoms. The first kappa shape index (κ1) is 23.3. The second kappa shape index (κ2) is 11.9. The van der Waals surface area contributed by atoms with Gasteiger partial charge in [0.05, 0.1) is 7.11 Å². The number of ether oxygens (including phenoxy) is 1. The van der Waals surface area contributed by atoms with E-state index in [1.165, 1.54) is 38.5 Å². The van der Waals surface area contributed by atoms with Crippen LogP contribution in [0.4, 0.5) is 13.2 Å². The molecule has 0 fully saturated rings. The van der Waals surface area contributed by atoms with E-state index in [0.717, 1.165) is 19.3 Å². The predicted molar refractivity (Wildman–Crippen MR) is 110 cm³/mol. The molecule has 2 atom stereocenters. The number of benzene rings is 1. The lowest BCUT2D eigenvalue weighted by Gasteiger charge is -2.13. The van der Waals surface area contributed by atoms with Crippen molar-refractivity contribution in [2.75, 3.05) is 7.11 Å². The maximum atomic E-state index is 14.2. The molecule has 0 amide bonds. The molecule has 162 valence electrons. The van der Waals surface area contributed by atoms with Gasteiger partial charge >= 0.3 is 5.63 Å². The van der Waals surface area contributed by atoms with Gasteiger partial charge in [0.1, 0.15) is 23.5 Å². The number of methoxy groups -OCH3 is 1. The molecule has 2 unspecified atom stereocenters. The van der Waals surface area contributed by atoms with Gasteiger partial charge in [0.2, 0.25) is 0 Å². The first-order chi connectivity index (χ1) is 14.0. The Bertz CT molecular complexity index is 819. The minimum Gasteiger partial charge on any atom is -0.494 e. The lowest BCUT2D eigenvalue weighted by atomic mass is 10.0. The first-order valence-corrected chi connectivity index (χ1v) is 10.5. The fourth-order valence-electron chi connectivity index (χ4n) is 3.49. The summed E-state index contributed by atoms with van der Waals surface area (Å²) in [4.78, 5) is 12.1. The summed E-state index contributed by atoms with van der Waals surface area (Å²) in [6, 6.07) is 4.46. The minimum atomic E-state index is -1.61. The quantitative estimate of drug-likeness (QED) is 0.344. The van der Waals surface area contributed by atoms with Crippen molar-refractivity contribution in [2.45, 2.75) is 83.5 Å². The summed E-state index contributed by atoms with van der Waals surface area (Å²) >= 11 is 0. The number of rotatable bonds is 13. The van der Waals surface area contributed by atoms with Gasteiger partial charge in [-0.3, -0.25) is 0 Å². The van der Waals surface area contributed by atoms with E-state index in [2.05, 4.69) is 6.92 Å². The molecule has 0 aliphatic carbocycles. The average molecular weight is 412 g/mol. The van der Waals surface area contributed by atoms with Crippen molar-refractivity contribution >= 4 is 10.8 Å². The highest BCUT2D eigenvalue weighted by atomic mass is 19.2. The lowest BCUT2D eigenvalue weighted by molar-refractivity contribution is 0.144. The summed E-state index contributed by atoms with van der Waals surface area (Å²) in [5.41, 5.74) is -0.843. The van der Waals surface area contributed by atoms with Crippen LogP contribution < -0.4 is 10.4 Å². The number of aryl methyl sites for hydroxylation is 1. The van der Waals surface area contributed by atoms with Crippen LogP contribution in [-0.4, -0.2) is 19.5 Å². The van der Waals surface area contributed by atoms with Gasteiger partial charge in [-0.05, 0) is 30.4 Å². The Labute approximate surface area is 170 Å². The van der Waals surface area contributed by atoms with Crippen molar-refractivity contribution in [1.29, 1.82) is 0 Å².